The molecule has 1 aromatic rings. The summed E-state index contributed by atoms with van der Waals surface area (Å²) < 4.78 is 5.22. The summed E-state index contributed by atoms with van der Waals surface area (Å²) in [5.41, 5.74) is -0.0790. The Morgan fingerprint density at radius 3 is 2.82 bits per heavy atom. The number of non-ortho nitro benzene ring substituents is 1. The van der Waals surface area contributed by atoms with E-state index in [9.17, 15) is 10.1 Å². The van der Waals surface area contributed by atoms with Gasteiger partial charge in [0.1, 0.15) is 11.8 Å². The van der Waals surface area contributed by atoms with E-state index < -0.39 is 4.92 Å². The van der Waals surface area contributed by atoms with Crippen molar-refractivity contribution in [1.82, 2.24) is 4.90 Å². The van der Waals surface area contributed by atoms with Gasteiger partial charge in [-0.15, -0.1) is 0 Å². The van der Waals surface area contributed by atoms with Gasteiger partial charge in [-0.25, -0.2) is 0 Å². The Labute approximate surface area is 98.5 Å². The number of rotatable bonds is 4. The predicted octanol–water partition coefficient (Wildman–Crippen LogP) is 1.90. The van der Waals surface area contributed by atoms with Crippen LogP contribution in [0, 0.1) is 21.4 Å². The smallest absolute Gasteiger partial charge is 0.273 e. The van der Waals surface area contributed by atoms with Gasteiger partial charge >= 0.3 is 0 Å². The Bertz CT molecular complexity index is 489. The molecular weight excluding hydrogens is 222 g/mol. The highest BCUT2D eigenvalue weighted by atomic mass is 16.6. The zero-order valence-corrected chi connectivity index (χ0v) is 9.45. The zero-order chi connectivity index (χ0) is 12.8. The molecule has 6 heteroatoms. The number of hydrogen-bond donors (Lipinski definition) is 0. The maximum atomic E-state index is 10.5. The molecule has 0 unspecified atom stereocenters. The lowest BCUT2D eigenvalue weighted by Gasteiger charge is -2.07. The van der Waals surface area contributed by atoms with Crippen molar-refractivity contribution < 1.29 is 9.66 Å². The summed E-state index contributed by atoms with van der Waals surface area (Å²) in [6.45, 7) is 0. The van der Waals surface area contributed by atoms with Gasteiger partial charge in [0.15, 0.2) is 0 Å². The van der Waals surface area contributed by atoms with Gasteiger partial charge in [0.25, 0.3) is 5.69 Å². The number of nitrogens with zero attached hydrogens (tertiary/aromatic N) is 3. The monoisotopic (exact) mass is 233 g/mol. The highest BCUT2D eigenvalue weighted by Crippen LogP contribution is 2.20. The Hall–Kier alpha value is -2.55. The van der Waals surface area contributed by atoms with Crippen molar-refractivity contribution in [2.75, 3.05) is 14.1 Å². The van der Waals surface area contributed by atoms with E-state index in [1.165, 1.54) is 24.4 Å². The average molecular weight is 233 g/mol. The van der Waals surface area contributed by atoms with Crippen molar-refractivity contribution in [3.05, 3.63) is 46.3 Å². The van der Waals surface area contributed by atoms with Gasteiger partial charge in [-0.3, -0.25) is 10.1 Å². The van der Waals surface area contributed by atoms with Crippen LogP contribution < -0.4 is 4.74 Å². The highest BCUT2D eigenvalue weighted by Gasteiger charge is 2.07. The second kappa shape index (κ2) is 5.51. The van der Waals surface area contributed by atoms with Crippen molar-refractivity contribution in [2.24, 2.45) is 0 Å². The van der Waals surface area contributed by atoms with Crippen molar-refractivity contribution in [3.8, 4) is 11.8 Å². The number of nitro groups is 1. The van der Waals surface area contributed by atoms with Gasteiger partial charge in [0, 0.05) is 20.2 Å². The summed E-state index contributed by atoms with van der Waals surface area (Å²) >= 11 is 0. The minimum absolute atomic E-state index is 0.0653. The van der Waals surface area contributed by atoms with Crippen LogP contribution >= 0.6 is 0 Å². The molecular formula is C11H11N3O3. The third-order valence-corrected chi connectivity index (χ3v) is 1.74. The molecule has 0 aliphatic rings. The number of nitriles is 1. The Morgan fingerprint density at radius 2 is 2.29 bits per heavy atom. The second-order valence-electron chi connectivity index (χ2n) is 3.43. The molecule has 0 atom stereocenters. The quantitative estimate of drug-likeness (QED) is 0.343. The first-order valence-electron chi connectivity index (χ1n) is 4.73. The van der Waals surface area contributed by atoms with Crippen molar-refractivity contribution in [3.63, 3.8) is 0 Å². The normalized spacial score (nSPS) is 10.5. The molecule has 88 valence electrons. The molecule has 0 aromatic heterocycles. The lowest BCUT2D eigenvalue weighted by Crippen LogP contribution is -2.05. The molecule has 0 fully saturated rings. The summed E-state index contributed by atoms with van der Waals surface area (Å²) in [5, 5.41) is 19.4. The Morgan fingerprint density at radius 1 is 1.59 bits per heavy atom. The first-order chi connectivity index (χ1) is 8.02. The SMILES string of the molecule is CN(C)C=C(C#N)Oc1cccc([N+](=O)[O-])c1. The van der Waals surface area contributed by atoms with Crippen LogP contribution in [0.5, 0.6) is 5.75 Å². The van der Waals surface area contributed by atoms with Gasteiger partial charge in [0.05, 0.1) is 17.2 Å². The Kier molecular flexibility index (Phi) is 4.06. The fourth-order valence-corrected chi connectivity index (χ4v) is 1.10. The molecule has 0 bridgehead atoms. The minimum atomic E-state index is -0.519. The molecule has 0 saturated heterocycles. The van der Waals surface area contributed by atoms with E-state index in [1.54, 1.807) is 25.1 Å². The van der Waals surface area contributed by atoms with Gasteiger partial charge in [-0.2, -0.15) is 5.26 Å². The molecule has 0 saturated carbocycles. The fourth-order valence-electron chi connectivity index (χ4n) is 1.10. The van der Waals surface area contributed by atoms with Crippen molar-refractivity contribution >= 4 is 5.69 Å². The molecule has 0 N–H and O–H groups in total. The summed E-state index contributed by atoms with van der Waals surface area (Å²) in [7, 11) is 3.49. The number of benzene rings is 1. The zero-order valence-electron chi connectivity index (χ0n) is 9.45. The van der Waals surface area contributed by atoms with E-state index in [4.69, 9.17) is 10.00 Å². The summed E-state index contributed by atoms with van der Waals surface area (Å²) in [6, 6.07) is 7.53. The maximum Gasteiger partial charge on any atom is 0.273 e. The summed E-state index contributed by atoms with van der Waals surface area (Å²) in [4.78, 5) is 11.7. The number of nitro benzene ring substituents is 1. The van der Waals surface area contributed by atoms with Crippen LogP contribution in [0.25, 0.3) is 0 Å². The van der Waals surface area contributed by atoms with Crippen LogP contribution in [-0.2, 0) is 0 Å². The van der Waals surface area contributed by atoms with Gasteiger partial charge in [-0.05, 0) is 6.07 Å². The second-order valence-corrected chi connectivity index (χ2v) is 3.43. The van der Waals surface area contributed by atoms with Crippen LogP contribution in [-0.4, -0.2) is 23.9 Å². The largest absolute Gasteiger partial charge is 0.444 e. The minimum Gasteiger partial charge on any atom is -0.444 e. The standard InChI is InChI=1S/C11H11N3O3/c1-13(2)8-11(7-12)17-10-5-3-4-9(6-10)14(15)16/h3-6,8H,1-2H3. The van der Waals surface area contributed by atoms with E-state index in [0.717, 1.165) is 0 Å². The molecule has 1 aromatic carbocycles. The number of hydrogen-bond acceptors (Lipinski definition) is 5. The van der Waals surface area contributed by atoms with E-state index in [2.05, 4.69) is 0 Å². The lowest BCUT2D eigenvalue weighted by molar-refractivity contribution is -0.384. The van der Waals surface area contributed by atoms with Crippen molar-refractivity contribution in [1.29, 1.82) is 5.26 Å². The maximum absolute atomic E-state index is 10.5. The molecule has 0 radical (unpaired) electrons. The molecule has 0 amide bonds. The first kappa shape index (κ1) is 12.5. The Balaban J connectivity index is 2.92. The highest BCUT2D eigenvalue weighted by molar-refractivity contribution is 5.39. The van der Waals surface area contributed by atoms with Gasteiger partial charge < -0.3 is 9.64 Å². The molecule has 17 heavy (non-hydrogen) atoms. The molecule has 1 rings (SSSR count). The lowest BCUT2D eigenvalue weighted by atomic mass is 10.3. The fraction of sp³-hybridized carbons (Fsp3) is 0.182. The molecule has 0 aliphatic carbocycles. The predicted molar refractivity (Wildman–Crippen MR) is 61.1 cm³/mol. The molecule has 6 nitrogen and oxygen atoms in total. The van der Waals surface area contributed by atoms with E-state index in [-0.39, 0.29) is 17.2 Å². The van der Waals surface area contributed by atoms with Crippen LogP contribution in [0.1, 0.15) is 0 Å². The van der Waals surface area contributed by atoms with Crippen LogP contribution in [0.2, 0.25) is 0 Å². The number of allylic oxidation sites excluding steroid dienone is 1. The molecule has 0 spiro atoms. The van der Waals surface area contributed by atoms with Crippen LogP contribution in [0.4, 0.5) is 5.69 Å². The van der Waals surface area contributed by atoms with Crippen LogP contribution in [0.15, 0.2) is 36.2 Å². The van der Waals surface area contributed by atoms with E-state index in [1.807, 2.05) is 6.07 Å². The summed E-state index contributed by atoms with van der Waals surface area (Å²) in [5.74, 6) is 0.323. The number of ether oxygens (including phenoxy) is 1. The average Bonchev–Trinajstić information content (AvgIpc) is 2.28. The topological polar surface area (TPSA) is 79.4 Å². The van der Waals surface area contributed by atoms with Gasteiger partial charge in [-0.1, -0.05) is 6.07 Å². The summed E-state index contributed by atoms with van der Waals surface area (Å²) in [6.07, 6.45) is 1.48. The molecule has 0 heterocycles. The van der Waals surface area contributed by atoms with E-state index in [0.29, 0.717) is 0 Å². The molecule has 0 aliphatic heterocycles. The third-order valence-electron chi connectivity index (χ3n) is 1.74. The van der Waals surface area contributed by atoms with E-state index >= 15 is 0 Å². The first-order valence-corrected chi connectivity index (χ1v) is 4.73. The van der Waals surface area contributed by atoms with Crippen molar-refractivity contribution in [2.45, 2.75) is 0 Å². The van der Waals surface area contributed by atoms with Gasteiger partial charge in [0.2, 0.25) is 5.76 Å². The van der Waals surface area contributed by atoms with Crippen LogP contribution in [0.3, 0.4) is 0 Å². The third kappa shape index (κ3) is 3.83.